The molecule has 4 aromatic carbocycles. The second-order valence-electron chi connectivity index (χ2n) is 11.1. The van der Waals surface area contributed by atoms with E-state index >= 15 is 0 Å². The van der Waals surface area contributed by atoms with Crippen molar-refractivity contribution in [3.8, 4) is 28.6 Å². The summed E-state index contributed by atoms with van der Waals surface area (Å²) in [5, 5.41) is 2.66. The molecule has 5 aromatic rings. The number of alkyl halides is 3. The molecule has 0 aliphatic carbocycles. The van der Waals surface area contributed by atoms with E-state index in [9.17, 15) is 22.8 Å². The highest BCUT2D eigenvalue weighted by Crippen LogP contribution is 2.34. The maximum Gasteiger partial charge on any atom is 0.416 e. The zero-order valence-electron chi connectivity index (χ0n) is 26.4. The van der Waals surface area contributed by atoms with Crippen molar-refractivity contribution >= 4 is 28.8 Å². The number of ether oxygens (including phenoxy) is 2. The van der Waals surface area contributed by atoms with E-state index in [-0.39, 0.29) is 36.6 Å². The van der Waals surface area contributed by atoms with E-state index in [0.29, 0.717) is 46.1 Å². The first-order valence-electron chi connectivity index (χ1n) is 15.2. The molecule has 5 rings (SSSR count). The first kappa shape index (κ1) is 34.3. The average Bonchev–Trinajstić information content (AvgIpc) is 3.45. The summed E-state index contributed by atoms with van der Waals surface area (Å²) in [5.74, 6) is 0.934. The molecule has 0 unspecified atom stereocenters. The van der Waals surface area contributed by atoms with Gasteiger partial charge < -0.3 is 36.6 Å². The second kappa shape index (κ2) is 14.8. The average molecular weight is 674 g/mol. The van der Waals surface area contributed by atoms with Gasteiger partial charge >= 0.3 is 6.18 Å². The fraction of sp³-hybridized carbons (Fsp3) is 0.200. The Morgan fingerprint density at radius 2 is 1.65 bits per heavy atom. The smallest absolute Gasteiger partial charge is 0.416 e. The van der Waals surface area contributed by atoms with Crippen LogP contribution in [0.2, 0.25) is 0 Å². The fourth-order valence-corrected chi connectivity index (χ4v) is 5.27. The Morgan fingerprint density at radius 3 is 2.35 bits per heavy atom. The van der Waals surface area contributed by atoms with Crippen molar-refractivity contribution in [3.63, 3.8) is 0 Å². The van der Waals surface area contributed by atoms with Crippen LogP contribution >= 0.6 is 0 Å². The molecule has 0 saturated carbocycles. The minimum atomic E-state index is -4.50. The van der Waals surface area contributed by atoms with Gasteiger partial charge in [0.25, 0.3) is 5.91 Å². The third-order valence-corrected chi connectivity index (χ3v) is 7.62. The van der Waals surface area contributed by atoms with Crippen molar-refractivity contribution in [2.45, 2.75) is 31.6 Å². The number of carbonyl (C=O) groups is 2. The molecule has 1 aromatic heterocycles. The number of imidazole rings is 1. The quantitative estimate of drug-likeness (QED) is 0.0722. The Kier molecular flexibility index (Phi) is 10.4. The van der Waals surface area contributed by atoms with Crippen LogP contribution in [0.5, 0.6) is 17.2 Å². The lowest BCUT2D eigenvalue weighted by Crippen LogP contribution is -2.27. The molecule has 254 valence electrons. The van der Waals surface area contributed by atoms with Crippen LogP contribution in [0.4, 0.5) is 13.2 Å². The lowest BCUT2D eigenvalue weighted by Gasteiger charge is -2.19. The predicted molar refractivity (Wildman–Crippen MR) is 179 cm³/mol. The Balaban J connectivity index is 1.49. The molecule has 0 aliphatic rings. The van der Waals surface area contributed by atoms with Gasteiger partial charge in [-0.05, 0) is 85.1 Å². The minimum Gasteiger partial charge on any atom is -0.497 e. The Bertz CT molecular complexity index is 1990. The number of halogens is 3. The third-order valence-electron chi connectivity index (χ3n) is 7.62. The Morgan fingerprint density at radius 1 is 0.918 bits per heavy atom. The van der Waals surface area contributed by atoms with Gasteiger partial charge in [0.15, 0.2) is 5.96 Å². The summed E-state index contributed by atoms with van der Waals surface area (Å²) in [5.41, 5.74) is 18.1. The van der Waals surface area contributed by atoms with Crippen molar-refractivity contribution in [2.24, 2.45) is 22.2 Å². The van der Waals surface area contributed by atoms with Crippen LogP contribution < -0.4 is 32.0 Å². The largest absolute Gasteiger partial charge is 0.497 e. The van der Waals surface area contributed by atoms with Gasteiger partial charge in [0.2, 0.25) is 5.91 Å². The van der Waals surface area contributed by atoms with E-state index < -0.39 is 29.6 Å². The van der Waals surface area contributed by atoms with E-state index in [1.807, 2.05) is 0 Å². The highest BCUT2D eigenvalue weighted by atomic mass is 19.4. The van der Waals surface area contributed by atoms with Gasteiger partial charge in [0, 0.05) is 24.2 Å². The van der Waals surface area contributed by atoms with E-state index in [1.165, 1.54) is 12.1 Å². The highest BCUT2D eigenvalue weighted by Gasteiger charge is 2.30. The molecule has 0 saturated heterocycles. The number of rotatable bonds is 13. The maximum atomic E-state index is 13.2. The number of benzene rings is 4. The van der Waals surface area contributed by atoms with Crippen LogP contribution in [0.3, 0.4) is 0 Å². The lowest BCUT2D eigenvalue weighted by atomic mass is 10.1. The Hall–Kier alpha value is -6.05. The zero-order valence-corrected chi connectivity index (χ0v) is 26.4. The summed E-state index contributed by atoms with van der Waals surface area (Å²) in [7, 11) is 1.57. The molecule has 14 heteroatoms. The lowest BCUT2D eigenvalue weighted by molar-refractivity contribution is -0.137. The minimum absolute atomic E-state index is 0.0723. The molecule has 0 spiro atoms. The van der Waals surface area contributed by atoms with Crippen LogP contribution in [0.25, 0.3) is 22.4 Å². The summed E-state index contributed by atoms with van der Waals surface area (Å²) in [6.45, 7) is 0.149. The van der Waals surface area contributed by atoms with Crippen LogP contribution in [0.1, 0.15) is 40.4 Å². The van der Waals surface area contributed by atoms with Crippen molar-refractivity contribution in [1.29, 1.82) is 0 Å². The molecular weight excluding hydrogens is 639 g/mol. The molecule has 1 atom stereocenters. The van der Waals surface area contributed by atoms with Crippen LogP contribution in [0, 0.1) is 0 Å². The highest BCUT2D eigenvalue weighted by molar-refractivity contribution is 5.98. The first-order chi connectivity index (χ1) is 23.4. The number of hydrogen-bond donors (Lipinski definition) is 4. The molecule has 0 fully saturated rings. The number of carbonyl (C=O) groups excluding carboxylic acids is 2. The van der Waals surface area contributed by atoms with E-state index in [1.54, 1.807) is 78.4 Å². The second-order valence-corrected chi connectivity index (χ2v) is 11.1. The van der Waals surface area contributed by atoms with Gasteiger partial charge in [-0.2, -0.15) is 13.2 Å². The van der Waals surface area contributed by atoms with E-state index in [4.69, 9.17) is 31.7 Å². The molecule has 0 bridgehead atoms. The summed E-state index contributed by atoms with van der Waals surface area (Å²) in [6.07, 6.45) is -3.79. The van der Waals surface area contributed by atoms with Crippen LogP contribution in [-0.2, 0) is 17.5 Å². The predicted octanol–water partition coefficient (Wildman–Crippen LogP) is 5.53. The van der Waals surface area contributed by atoms with Crippen LogP contribution in [0.15, 0.2) is 96.0 Å². The monoisotopic (exact) mass is 673 g/mol. The maximum absolute atomic E-state index is 13.2. The fourth-order valence-electron chi connectivity index (χ4n) is 5.27. The van der Waals surface area contributed by atoms with Gasteiger partial charge in [0.05, 0.1) is 23.7 Å². The van der Waals surface area contributed by atoms with Crippen molar-refractivity contribution in [2.75, 3.05) is 13.7 Å². The van der Waals surface area contributed by atoms with Gasteiger partial charge in [-0.15, -0.1) is 0 Å². The number of fused-ring (bicyclic) bond motifs is 1. The van der Waals surface area contributed by atoms with Gasteiger partial charge in [0.1, 0.15) is 29.1 Å². The van der Waals surface area contributed by atoms with E-state index in [0.717, 1.165) is 12.1 Å². The number of aromatic nitrogens is 2. The molecule has 11 nitrogen and oxygen atoms in total. The number of amides is 2. The van der Waals surface area contributed by atoms with Crippen molar-refractivity contribution in [3.05, 3.63) is 108 Å². The number of methoxy groups -OCH3 is 1. The molecule has 1 heterocycles. The van der Waals surface area contributed by atoms with Crippen LogP contribution in [-0.4, -0.2) is 41.0 Å². The number of nitrogens with zero attached hydrogens (tertiary/aromatic N) is 3. The number of hydrogen-bond acceptors (Lipinski definition) is 6. The molecule has 0 aliphatic heterocycles. The number of nitrogens with one attached hydrogen (secondary N) is 1. The normalized spacial score (nSPS) is 11.9. The van der Waals surface area contributed by atoms with Gasteiger partial charge in [-0.3, -0.25) is 14.6 Å². The summed E-state index contributed by atoms with van der Waals surface area (Å²) in [4.78, 5) is 34.9. The number of primary amides is 1. The topological polar surface area (TPSA) is 173 Å². The molecule has 49 heavy (non-hydrogen) atoms. The SMILES string of the molecule is COc1ccc(Oc2cccc(-c3nc4cc(C(=O)NCc5cccc(C(F)(F)F)c5)ccc4n3[C@H](CCCN=C(N)N)C(N)=O)c2)cc1. The summed E-state index contributed by atoms with van der Waals surface area (Å²) in [6, 6.07) is 22.8. The standard InChI is InChI=1S/C35H34F3N7O4/c1-48-25-11-13-26(14-12-25)49-27-8-3-6-22(18-27)32-44-28-19-23(33(47)43-20-21-5-2-7-24(17-21)35(36,37)38)10-15-29(28)45(32)30(31(39)46)9-4-16-42-34(40)41/h2-3,5-8,10-15,17-19,30H,4,9,16,20H2,1H3,(H2,39,46)(H,43,47)(H4,40,41,42)/t30-/m1/s1. The number of nitrogens with two attached hydrogens (primary N) is 3. The number of aliphatic imine (C=N–C) groups is 1. The van der Waals surface area contributed by atoms with E-state index in [2.05, 4.69) is 10.3 Å². The first-order valence-corrected chi connectivity index (χ1v) is 15.2. The summed E-state index contributed by atoms with van der Waals surface area (Å²) >= 11 is 0. The van der Waals surface area contributed by atoms with Gasteiger partial charge in [-0.25, -0.2) is 4.98 Å². The molecule has 2 amide bonds. The molecule has 0 radical (unpaired) electrons. The Labute approximate surface area is 279 Å². The zero-order chi connectivity index (χ0) is 35.1. The van der Waals surface area contributed by atoms with Crippen molar-refractivity contribution in [1.82, 2.24) is 14.9 Å². The number of guanidine groups is 1. The third kappa shape index (κ3) is 8.46. The molecular formula is C35H34F3N7O4. The van der Waals surface area contributed by atoms with Crippen molar-refractivity contribution < 1.29 is 32.2 Å². The van der Waals surface area contributed by atoms with Gasteiger partial charge in [-0.1, -0.05) is 24.3 Å². The summed E-state index contributed by atoms with van der Waals surface area (Å²) < 4.78 is 52.5. The molecule has 7 N–H and O–H groups in total.